The SMILES string of the molecule is C=C/C(=C/Nc1ccccc1)C(=N)c1cccs1. The third kappa shape index (κ3) is 2.96. The van der Waals surface area contributed by atoms with E-state index < -0.39 is 0 Å². The fraction of sp³-hybridized carbons (Fsp3) is 0. The van der Waals surface area contributed by atoms with Gasteiger partial charge < -0.3 is 5.32 Å². The van der Waals surface area contributed by atoms with Crippen LogP contribution < -0.4 is 5.32 Å². The molecule has 0 amide bonds. The van der Waals surface area contributed by atoms with Crippen molar-refractivity contribution in [2.24, 2.45) is 0 Å². The van der Waals surface area contributed by atoms with Gasteiger partial charge in [0, 0.05) is 17.5 Å². The van der Waals surface area contributed by atoms with Crippen LogP contribution in [0.1, 0.15) is 4.88 Å². The summed E-state index contributed by atoms with van der Waals surface area (Å²) in [6, 6.07) is 13.7. The predicted octanol–water partition coefficient (Wildman–Crippen LogP) is 4.30. The Labute approximate surface area is 111 Å². The monoisotopic (exact) mass is 254 g/mol. The molecule has 2 nitrogen and oxygen atoms in total. The lowest BCUT2D eigenvalue weighted by molar-refractivity contribution is 1.48. The van der Waals surface area contributed by atoms with Crippen molar-refractivity contribution in [1.29, 1.82) is 5.41 Å². The van der Waals surface area contributed by atoms with Gasteiger partial charge in [0.15, 0.2) is 0 Å². The molecular weight excluding hydrogens is 240 g/mol. The number of para-hydroxylation sites is 1. The van der Waals surface area contributed by atoms with E-state index in [1.165, 1.54) is 0 Å². The summed E-state index contributed by atoms with van der Waals surface area (Å²) in [5, 5.41) is 13.2. The molecule has 18 heavy (non-hydrogen) atoms. The summed E-state index contributed by atoms with van der Waals surface area (Å²) >= 11 is 1.56. The minimum absolute atomic E-state index is 0.489. The first-order valence-corrected chi connectivity index (χ1v) is 6.46. The maximum atomic E-state index is 8.10. The molecule has 1 aromatic carbocycles. The molecule has 2 N–H and O–H groups in total. The van der Waals surface area contributed by atoms with Crippen LogP contribution in [0.3, 0.4) is 0 Å². The highest BCUT2D eigenvalue weighted by molar-refractivity contribution is 7.12. The number of anilines is 1. The zero-order valence-electron chi connectivity index (χ0n) is 9.89. The maximum Gasteiger partial charge on any atom is 0.0798 e. The van der Waals surface area contributed by atoms with Crippen molar-refractivity contribution >= 4 is 22.7 Å². The van der Waals surface area contributed by atoms with E-state index in [1.54, 1.807) is 17.4 Å². The molecule has 0 atom stereocenters. The van der Waals surface area contributed by atoms with E-state index in [4.69, 9.17) is 5.41 Å². The average molecular weight is 254 g/mol. The van der Waals surface area contributed by atoms with E-state index in [2.05, 4.69) is 11.9 Å². The third-order valence-corrected chi connectivity index (χ3v) is 3.33. The molecular formula is C15H14N2S. The van der Waals surface area contributed by atoms with Gasteiger partial charge in [-0.15, -0.1) is 11.3 Å². The first-order chi connectivity index (χ1) is 8.81. The van der Waals surface area contributed by atoms with Crippen LogP contribution in [-0.4, -0.2) is 5.71 Å². The van der Waals surface area contributed by atoms with Crippen LogP contribution in [0.5, 0.6) is 0 Å². The minimum Gasteiger partial charge on any atom is -0.361 e. The smallest absolute Gasteiger partial charge is 0.0798 e. The number of hydrogen-bond acceptors (Lipinski definition) is 3. The molecule has 0 radical (unpaired) electrons. The second-order valence-corrected chi connectivity index (χ2v) is 4.61. The van der Waals surface area contributed by atoms with Crippen LogP contribution in [0, 0.1) is 5.41 Å². The number of rotatable bonds is 5. The Hall–Kier alpha value is -2.13. The van der Waals surface area contributed by atoms with Crippen molar-refractivity contribution < 1.29 is 0 Å². The van der Waals surface area contributed by atoms with Gasteiger partial charge in [-0.05, 0) is 23.6 Å². The summed E-state index contributed by atoms with van der Waals surface area (Å²) in [7, 11) is 0. The van der Waals surface area contributed by atoms with E-state index in [1.807, 2.05) is 54.0 Å². The third-order valence-electron chi connectivity index (χ3n) is 2.44. The van der Waals surface area contributed by atoms with Crippen LogP contribution in [0.4, 0.5) is 5.69 Å². The molecule has 0 aliphatic carbocycles. The summed E-state index contributed by atoms with van der Waals surface area (Å²) in [5.74, 6) is 0. The van der Waals surface area contributed by atoms with Crippen molar-refractivity contribution in [3.05, 3.63) is 77.1 Å². The van der Waals surface area contributed by atoms with Crippen LogP contribution in [0.15, 0.2) is 72.3 Å². The van der Waals surface area contributed by atoms with Gasteiger partial charge in [-0.2, -0.15) is 0 Å². The Morgan fingerprint density at radius 3 is 2.56 bits per heavy atom. The van der Waals surface area contributed by atoms with Gasteiger partial charge in [-0.1, -0.05) is 36.9 Å². The largest absolute Gasteiger partial charge is 0.361 e. The predicted molar refractivity (Wildman–Crippen MR) is 79.5 cm³/mol. The number of nitrogens with one attached hydrogen (secondary N) is 2. The van der Waals surface area contributed by atoms with E-state index in [9.17, 15) is 0 Å². The Morgan fingerprint density at radius 1 is 1.17 bits per heavy atom. The molecule has 0 unspecified atom stereocenters. The normalized spacial score (nSPS) is 11.0. The highest BCUT2D eigenvalue weighted by Crippen LogP contribution is 2.15. The van der Waals surface area contributed by atoms with Crippen molar-refractivity contribution in [1.82, 2.24) is 0 Å². The van der Waals surface area contributed by atoms with Gasteiger partial charge in [-0.3, -0.25) is 5.41 Å². The second kappa shape index (κ2) is 5.98. The number of allylic oxidation sites excluding steroid dienone is 2. The number of thiophene rings is 1. The molecule has 2 aromatic rings. The van der Waals surface area contributed by atoms with E-state index >= 15 is 0 Å². The van der Waals surface area contributed by atoms with Crippen molar-refractivity contribution in [2.75, 3.05) is 5.32 Å². The van der Waals surface area contributed by atoms with Crippen molar-refractivity contribution in [2.45, 2.75) is 0 Å². The highest BCUT2D eigenvalue weighted by atomic mass is 32.1. The van der Waals surface area contributed by atoms with Crippen molar-refractivity contribution in [3.63, 3.8) is 0 Å². The van der Waals surface area contributed by atoms with Gasteiger partial charge in [0.25, 0.3) is 0 Å². The Morgan fingerprint density at radius 2 is 1.94 bits per heavy atom. The highest BCUT2D eigenvalue weighted by Gasteiger charge is 2.05. The molecule has 0 spiro atoms. The molecule has 90 valence electrons. The molecule has 0 fully saturated rings. The standard InChI is InChI=1S/C15H14N2S/c1-2-12(15(16)14-9-6-10-18-14)11-17-13-7-4-3-5-8-13/h2-11,16-17H,1H2/b12-11-,16-15?. The minimum atomic E-state index is 0.489. The zero-order valence-corrected chi connectivity index (χ0v) is 10.7. The van der Waals surface area contributed by atoms with Crippen LogP contribution >= 0.6 is 11.3 Å². The van der Waals surface area contributed by atoms with Crippen LogP contribution in [0.25, 0.3) is 0 Å². The summed E-state index contributed by atoms with van der Waals surface area (Å²) in [5.41, 5.74) is 2.26. The van der Waals surface area contributed by atoms with Gasteiger partial charge in [-0.25, -0.2) is 0 Å². The Balaban J connectivity index is 2.14. The molecule has 0 saturated heterocycles. The molecule has 0 aliphatic heterocycles. The molecule has 0 aliphatic rings. The lowest BCUT2D eigenvalue weighted by Gasteiger charge is -2.05. The Kier molecular flexibility index (Phi) is 4.10. The van der Waals surface area contributed by atoms with E-state index in [-0.39, 0.29) is 0 Å². The van der Waals surface area contributed by atoms with Crippen LogP contribution in [0.2, 0.25) is 0 Å². The fourth-order valence-electron chi connectivity index (χ4n) is 1.49. The summed E-state index contributed by atoms with van der Waals surface area (Å²) in [6.45, 7) is 3.76. The number of benzene rings is 1. The van der Waals surface area contributed by atoms with Crippen LogP contribution in [-0.2, 0) is 0 Å². The molecule has 2 rings (SSSR count). The molecule has 1 heterocycles. The number of hydrogen-bond donors (Lipinski definition) is 2. The molecule has 0 saturated carbocycles. The van der Waals surface area contributed by atoms with Gasteiger partial charge in [0.2, 0.25) is 0 Å². The fourth-order valence-corrected chi connectivity index (χ4v) is 2.19. The van der Waals surface area contributed by atoms with E-state index in [0.29, 0.717) is 5.71 Å². The molecule has 0 bridgehead atoms. The first-order valence-electron chi connectivity index (χ1n) is 5.58. The summed E-state index contributed by atoms with van der Waals surface area (Å²) < 4.78 is 0. The zero-order chi connectivity index (χ0) is 12.8. The first kappa shape index (κ1) is 12.3. The lowest BCUT2D eigenvalue weighted by atomic mass is 10.1. The van der Waals surface area contributed by atoms with Gasteiger partial charge >= 0.3 is 0 Å². The lowest BCUT2D eigenvalue weighted by Crippen LogP contribution is -2.01. The second-order valence-electron chi connectivity index (χ2n) is 3.67. The van der Waals surface area contributed by atoms with Crippen molar-refractivity contribution in [3.8, 4) is 0 Å². The quantitative estimate of drug-likeness (QED) is 0.605. The van der Waals surface area contributed by atoms with Gasteiger partial charge in [0.1, 0.15) is 0 Å². The van der Waals surface area contributed by atoms with Gasteiger partial charge in [0.05, 0.1) is 10.6 Å². The molecule has 3 heteroatoms. The maximum absolute atomic E-state index is 8.10. The summed E-state index contributed by atoms with van der Waals surface area (Å²) in [4.78, 5) is 0.941. The topological polar surface area (TPSA) is 35.9 Å². The molecule has 1 aromatic heterocycles. The summed E-state index contributed by atoms with van der Waals surface area (Å²) in [6.07, 6.45) is 3.50. The van der Waals surface area contributed by atoms with E-state index in [0.717, 1.165) is 16.1 Å². The Bertz CT molecular complexity index is 553. The average Bonchev–Trinajstić information content (AvgIpc) is 2.94.